The molecule has 0 amide bonds. The molecule has 0 rings (SSSR count). The molecule has 0 saturated carbocycles. The van der Waals surface area contributed by atoms with Crippen LogP contribution in [0.25, 0.3) is 0 Å². The molecule has 0 aliphatic carbocycles. The molecular weight excluding hydrogens is 328 g/mol. The van der Waals surface area contributed by atoms with E-state index in [-0.39, 0.29) is 13.0 Å². The monoisotopic (exact) mass is 364 g/mol. The lowest BCUT2D eigenvalue weighted by Gasteiger charge is -2.04. The van der Waals surface area contributed by atoms with Crippen LogP contribution in [0.4, 0.5) is 0 Å². The van der Waals surface area contributed by atoms with Crippen molar-refractivity contribution in [3.05, 3.63) is 0 Å². The van der Waals surface area contributed by atoms with Gasteiger partial charge in [-0.25, -0.2) is 4.18 Å². The van der Waals surface area contributed by atoms with Crippen molar-refractivity contribution in [3.63, 3.8) is 0 Å². The third-order valence-corrected chi connectivity index (χ3v) is 4.86. The van der Waals surface area contributed by atoms with Gasteiger partial charge >= 0.3 is 16.4 Å². The normalized spacial score (nSPS) is 11.6. The summed E-state index contributed by atoms with van der Waals surface area (Å²) in [4.78, 5) is 11.4. The maximum absolute atomic E-state index is 11.4. The van der Waals surface area contributed by atoms with Gasteiger partial charge in [0, 0.05) is 6.42 Å². The summed E-state index contributed by atoms with van der Waals surface area (Å²) in [5.74, 6) is -0.730. The SMILES string of the molecule is CCCCCCCCCCCCCCCC(=O)OS(=O)(=O)OCC. The van der Waals surface area contributed by atoms with Crippen molar-refractivity contribution in [1.82, 2.24) is 0 Å². The molecule has 0 radical (unpaired) electrons. The third-order valence-electron chi connectivity index (χ3n) is 3.94. The van der Waals surface area contributed by atoms with Crippen molar-refractivity contribution in [3.8, 4) is 0 Å². The summed E-state index contributed by atoms with van der Waals surface area (Å²) in [7, 11) is -4.15. The molecule has 6 heteroatoms. The zero-order valence-electron chi connectivity index (χ0n) is 15.6. The van der Waals surface area contributed by atoms with Crippen molar-refractivity contribution in [1.29, 1.82) is 0 Å². The van der Waals surface area contributed by atoms with Crippen LogP contribution in [-0.2, 0) is 23.6 Å². The Morgan fingerprint density at radius 2 is 1.12 bits per heavy atom. The van der Waals surface area contributed by atoms with Crippen LogP contribution in [0.1, 0.15) is 104 Å². The number of rotatable bonds is 17. The fraction of sp³-hybridized carbons (Fsp3) is 0.944. The molecule has 0 spiro atoms. The second-order valence-corrected chi connectivity index (χ2v) is 7.48. The molecule has 0 aromatic rings. The van der Waals surface area contributed by atoms with Gasteiger partial charge in [-0.15, -0.1) is 0 Å². The summed E-state index contributed by atoms with van der Waals surface area (Å²) in [5, 5.41) is 0. The maximum atomic E-state index is 11.4. The lowest BCUT2D eigenvalue weighted by Crippen LogP contribution is -2.15. The smallest absolute Gasteiger partial charge is 0.325 e. The highest BCUT2D eigenvalue weighted by molar-refractivity contribution is 7.82. The van der Waals surface area contributed by atoms with Gasteiger partial charge < -0.3 is 4.18 Å². The van der Waals surface area contributed by atoms with E-state index in [1.54, 1.807) is 0 Å². The average molecular weight is 365 g/mol. The van der Waals surface area contributed by atoms with E-state index < -0.39 is 16.4 Å². The van der Waals surface area contributed by atoms with Crippen LogP contribution in [0.15, 0.2) is 0 Å². The molecule has 0 heterocycles. The zero-order chi connectivity index (χ0) is 18.1. The summed E-state index contributed by atoms with van der Waals surface area (Å²) >= 11 is 0. The van der Waals surface area contributed by atoms with Crippen molar-refractivity contribution >= 4 is 16.4 Å². The standard InChI is InChI=1S/C18H36O5S/c1-3-5-6-7-8-9-10-11-12-13-14-15-16-17-18(19)23-24(20,21)22-4-2/h3-17H2,1-2H3. The lowest BCUT2D eigenvalue weighted by molar-refractivity contribution is -0.134. The molecule has 0 aliphatic rings. The van der Waals surface area contributed by atoms with Crippen LogP contribution in [-0.4, -0.2) is 21.0 Å². The average Bonchev–Trinajstić information content (AvgIpc) is 2.51. The van der Waals surface area contributed by atoms with Gasteiger partial charge in [0.25, 0.3) is 0 Å². The van der Waals surface area contributed by atoms with Gasteiger partial charge in [0.05, 0.1) is 6.61 Å². The lowest BCUT2D eigenvalue weighted by atomic mass is 10.0. The number of hydrogen-bond acceptors (Lipinski definition) is 5. The maximum Gasteiger partial charge on any atom is 0.451 e. The predicted molar refractivity (Wildman–Crippen MR) is 96.9 cm³/mol. The Morgan fingerprint density at radius 3 is 1.54 bits per heavy atom. The highest BCUT2D eigenvalue weighted by Crippen LogP contribution is 2.13. The summed E-state index contributed by atoms with van der Waals surface area (Å²) in [5.41, 5.74) is 0. The van der Waals surface area contributed by atoms with E-state index >= 15 is 0 Å². The molecule has 0 N–H and O–H groups in total. The number of hydrogen-bond donors (Lipinski definition) is 0. The molecule has 144 valence electrons. The number of unbranched alkanes of at least 4 members (excludes halogenated alkanes) is 12. The fourth-order valence-corrected chi connectivity index (χ4v) is 3.26. The van der Waals surface area contributed by atoms with Crippen molar-refractivity contribution < 1.29 is 21.6 Å². The van der Waals surface area contributed by atoms with Gasteiger partial charge in [-0.05, 0) is 13.3 Å². The first-order chi connectivity index (χ1) is 11.5. The molecule has 5 nitrogen and oxygen atoms in total. The molecule has 0 aromatic carbocycles. The van der Waals surface area contributed by atoms with Crippen LogP contribution in [0.5, 0.6) is 0 Å². The van der Waals surface area contributed by atoms with Gasteiger partial charge in [-0.3, -0.25) is 4.79 Å². The van der Waals surface area contributed by atoms with Gasteiger partial charge in [0.2, 0.25) is 0 Å². The quantitative estimate of drug-likeness (QED) is 0.328. The van der Waals surface area contributed by atoms with E-state index in [9.17, 15) is 13.2 Å². The molecule has 24 heavy (non-hydrogen) atoms. The van der Waals surface area contributed by atoms with Crippen LogP contribution in [0, 0.1) is 0 Å². The molecular formula is C18H36O5S. The first-order valence-electron chi connectivity index (χ1n) is 9.63. The van der Waals surface area contributed by atoms with Crippen LogP contribution in [0.2, 0.25) is 0 Å². The van der Waals surface area contributed by atoms with Crippen LogP contribution < -0.4 is 0 Å². The minimum absolute atomic E-state index is 0.0334. The van der Waals surface area contributed by atoms with E-state index in [4.69, 9.17) is 0 Å². The van der Waals surface area contributed by atoms with E-state index in [0.29, 0.717) is 6.42 Å². The van der Waals surface area contributed by atoms with E-state index in [0.717, 1.165) is 12.8 Å². The first kappa shape index (κ1) is 23.4. The van der Waals surface area contributed by atoms with Crippen molar-refractivity contribution in [2.75, 3.05) is 6.61 Å². The number of carbonyl (C=O) groups is 1. The van der Waals surface area contributed by atoms with E-state index in [2.05, 4.69) is 15.3 Å². The van der Waals surface area contributed by atoms with Crippen LogP contribution >= 0.6 is 0 Å². The Labute approximate surface area is 148 Å². The predicted octanol–water partition coefficient (Wildman–Crippen LogP) is 5.29. The molecule has 0 bridgehead atoms. The van der Waals surface area contributed by atoms with E-state index in [1.165, 1.54) is 71.1 Å². The highest BCUT2D eigenvalue weighted by atomic mass is 32.3. The minimum Gasteiger partial charge on any atom is -0.325 e. The van der Waals surface area contributed by atoms with E-state index in [1.807, 2.05) is 0 Å². The first-order valence-corrected chi connectivity index (χ1v) is 11.0. The number of carbonyl (C=O) groups excluding carboxylic acids is 1. The summed E-state index contributed by atoms with van der Waals surface area (Å²) in [6.45, 7) is 3.73. The molecule has 0 unspecified atom stereocenters. The largest absolute Gasteiger partial charge is 0.451 e. The van der Waals surface area contributed by atoms with Gasteiger partial charge in [-0.1, -0.05) is 84.0 Å². The van der Waals surface area contributed by atoms with Gasteiger partial charge in [0.1, 0.15) is 0 Å². The Morgan fingerprint density at radius 1 is 0.708 bits per heavy atom. The molecule has 0 fully saturated rings. The van der Waals surface area contributed by atoms with Crippen molar-refractivity contribution in [2.45, 2.75) is 104 Å². The summed E-state index contributed by atoms with van der Waals surface area (Å²) in [6, 6.07) is 0. The fourth-order valence-electron chi connectivity index (χ4n) is 2.61. The second-order valence-electron chi connectivity index (χ2n) is 6.26. The molecule has 0 saturated heterocycles. The topological polar surface area (TPSA) is 69.7 Å². The molecule has 0 aromatic heterocycles. The Kier molecular flexibility index (Phi) is 15.5. The second kappa shape index (κ2) is 15.9. The summed E-state index contributed by atoms with van der Waals surface area (Å²) in [6.07, 6.45) is 16.0. The third kappa shape index (κ3) is 16.2. The van der Waals surface area contributed by atoms with Crippen molar-refractivity contribution in [2.24, 2.45) is 0 Å². The molecule has 0 aliphatic heterocycles. The Hall–Kier alpha value is -0.620. The Balaban J connectivity index is 3.32. The van der Waals surface area contributed by atoms with Gasteiger partial charge in [0.15, 0.2) is 0 Å². The Bertz CT molecular complexity index is 392. The summed E-state index contributed by atoms with van der Waals surface area (Å²) < 4.78 is 30.9. The molecule has 0 atom stereocenters. The highest BCUT2D eigenvalue weighted by Gasteiger charge is 2.16. The van der Waals surface area contributed by atoms with Gasteiger partial charge in [-0.2, -0.15) is 8.42 Å². The van der Waals surface area contributed by atoms with Crippen LogP contribution in [0.3, 0.4) is 0 Å². The zero-order valence-corrected chi connectivity index (χ0v) is 16.4. The minimum atomic E-state index is -4.15.